The highest BCUT2D eigenvalue weighted by Gasteiger charge is 2.26. The molecule has 0 radical (unpaired) electrons. The lowest BCUT2D eigenvalue weighted by atomic mass is 10.1. The molecule has 1 N–H and O–H groups in total. The van der Waals surface area contributed by atoms with Gasteiger partial charge in [-0.05, 0) is 40.5 Å². The Morgan fingerprint density at radius 1 is 1.59 bits per heavy atom. The third-order valence-corrected chi connectivity index (χ3v) is 4.21. The van der Waals surface area contributed by atoms with Crippen LogP contribution in [0.15, 0.2) is 22.7 Å². The molecule has 17 heavy (non-hydrogen) atoms. The van der Waals surface area contributed by atoms with Crippen molar-refractivity contribution in [1.29, 1.82) is 0 Å². The predicted octanol–water partition coefficient (Wildman–Crippen LogP) is 2.56. The number of hydrogen-bond donors (Lipinski definition) is 1. The van der Waals surface area contributed by atoms with E-state index in [0.29, 0.717) is 23.7 Å². The molecule has 92 valence electrons. The fraction of sp³-hybridized carbons (Fsp3) is 0.417. The smallest absolute Gasteiger partial charge is 0.253 e. The molecule has 1 aliphatic heterocycles. The summed E-state index contributed by atoms with van der Waals surface area (Å²) in [4.78, 5) is 13.9. The van der Waals surface area contributed by atoms with E-state index in [1.54, 1.807) is 23.1 Å². The van der Waals surface area contributed by atoms with E-state index in [2.05, 4.69) is 15.9 Å². The Hall–Kier alpha value is -0.580. The van der Waals surface area contributed by atoms with Crippen LogP contribution in [0.3, 0.4) is 0 Å². The van der Waals surface area contributed by atoms with Crippen LogP contribution in [0.1, 0.15) is 16.8 Å². The maximum atomic E-state index is 12.2. The summed E-state index contributed by atoms with van der Waals surface area (Å²) in [7, 11) is 0. The molecule has 5 heteroatoms. The first-order valence-electron chi connectivity index (χ1n) is 5.47. The van der Waals surface area contributed by atoms with Gasteiger partial charge in [0.1, 0.15) is 0 Å². The lowest BCUT2D eigenvalue weighted by Gasteiger charge is -2.16. The summed E-state index contributed by atoms with van der Waals surface area (Å²) in [5, 5.41) is 9.65. The van der Waals surface area contributed by atoms with Crippen molar-refractivity contribution in [1.82, 2.24) is 4.90 Å². The highest BCUT2D eigenvalue weighted by atomic mass is 79.9. The number of aliphatic hydroxyl groups is 1. The van der Waals surface area contributed by atoms with E-state index in [-0.39, 0.29) is 18.4 Å². The summed E-state index contributed by atoms with van der Waals surface area (Å²) in [6.45, 7) is 1.49. The number of benzene rings is 1. The highest BCUT2D eigenvalue weighted by molar-refractivity contribution is 9.10. The molecule has 0 bridgehead atoms. The number of amides is 1. The van der Waals surface area contributed by atoms with Crippen LogP contribution in [0.25, 0.3) is 0 Å². The molecule has 3 nitrogen and oxygen atoms in total. The van der Waals surface area contributed by atoms with Crippen molar-refractivity contribution in [2.75, 3.05) is 19.7 Å². The second-order valence-electron chi connectivity index (χ2n) is 4.22. The van der Waals surface area contributed by atoms with Gasteiger partial charge in [-0.15, -0.1) is 0 Å². The molecule has 1 heterocycles. The molecule has 1 amide bonds. The Morgan fingerprint density at radius 2 is 2.35 bits per heavy atom. The zero-order valence-electron chi connectivity index (χ0n) is 9.20. The van der Waals surface area contributed by atoms with Gasteiger partial charge in [-0.1, -0.05) is 11.6 Å². The van der Waals surface area contributed by atoms with Crippen molar-refractivity contribution in [3.8, 4) is 0 Å². The third-order valence-electron chi connectivity index (χ3n) is 3.00. The maximum Gasteiger partial charge on any atom is 0.253 e. The average molecular weight is 319 g/mol. The summed E-state index contributed by atoms with van der Waals surface area (Å²) in [6, 6.07) is 5.16. The summed E-state index contributed by atoms with van der Waals surface area (Å²) in [6.07, 6.45) is 0.872. The molecule has 1 saturated heterocycles. The van der Waals surface area contributed by atoms with Crippen molar-refractivity contribution in [2.45, 2.75) is 6.42 Å². The first kappa shape index (κ1) is 12.9. The fourth-order valence-corrected chi connectivity index (χ4v) is 2.47. The molecule has 1 fully saturated rings. The Labute approximate surface area is 114 Å². The van der Waals surface area contributed by atoms with Crippen LogP contribution >= 0.6 is 27.5 Å². The van der Waals surface area contributed by atoms with Crippen molar-refractivity contribution < 1.29 is 9.90 Å². The zero-order chi connectivity index (χ0) is 12.4. The van der Waals surface area contributed by atoms with Gasteiger partial charge < -0.3 is 10.0 Å². The number of rotatable bonds is 2. The predicted molar refractivity (Wildman–Crippen MR) is 70.2 cm³/mol. The van der Waals surface area contributed by atoms with Gasteiger partial charge in [0, 0.05) is 35.7 Å². The minimum atomic E-state index is -0.00156. The molecule has 0 aliphatic carbocycles. The standard InChI is InChI=1S/C12H13BrClNO2/c13-10-5-9(1-2-11(10)14)12(17)15-4-3-8(6-15)7-16/h1-2,5,8,16H,3-4,6-7H2. The lowest BCUT2D eigenvalue weighted by Crippen LogP contribution is -2.29. The van der Waals surface area contributed by atoms with E-state index in [9.17, 15) is 4.79 Å². The minimum absolute atomic E-state index is 0.00156. The van der Waals surface area contributed by atoms with Gasteiger partial charge in [-0.25, -0.2) is 0 Å². The van der Waals surface area contributed by atoms with Crippen molar-refractivity contribution in [3.05, 3.63) is 33.3 Å². The number of halogens is 2. The van der Waals surface area contributed by atoms with Gasteiger partial charge in [0.2, 0.25) is 0 Å². The van der Waals surface area contributed by atoms with Crippen LogP contribution in [-0.2, 0) is 0 Å². The van der Waals surface area contributed by atoms with Crippen LogP contribution < -0.4 is 0 Å². The first-order valence-corrected chi connectivity index (χ1v) is 6.64. The van der Waals surface area contributed by atoms with Gasteiger partial charge >= 0.3 is 0 Å². The van der Waals surface area contributed by atoms with E-state index < -0.39 is 0 Å². The Kier molecular flexibility index (Phi) is 4.07. The molecule has 1 aromatic carbocycles. The SMILES string of the molecule is O=C(c1ccc(Cl)c(Br)c1)N1CCC(CO)C1. The Balaban J connectivity index is 2.12. The number of carbonyl (C=O) groups is 1. The minimum Gasteiger partial charge on any atom is -0.396 e. The fourth-order valence-electron chi connectivity index (χ4n) is 1.98. The van der Waals surface area contributed by atoms with Crippen LogP contribution in [0.2, 0.25) is 5.02 Å². The summed E-state index contributed by atoms with van der Waals surface area (Å²) in [5.74, 6) is 0.216. The number of nitrogens with zero attached hydrogens (tertiary/aromatic N) is 1. The maximum absolute atomic E-state index is 12.2. The van der Waals surface area contributed by atoms with Crippen LogP contribution in [-0.4, -0.2) is 35.6 Å². The van der Waals surface area contributed by atoms with E-state index in [4.69, 9.17) is 16.7 Å². The third kappa shape index (κ3) is 2.81. The average Bonchev–Trinajstić information content (AvgIpc) is 2.80. The number of aliphatic hydroxyl groups excluding tert-OH is 1. The van der Waals surface area contributed by atoms with Gasteiger partial charge in [-0.2, -0.15) is 0 Å². The van der Waals surface area contributed by atoms with E-state index in [1.165, 1.54) is 0 Å². The van der Waals surface area contributed by atoms with E-state index in [1.807, 2.05) is 0 Å². The summed E-state index contributed by atoms with van der Waals surface area (Å²) >= 11 is 9.19. The lowest BCUT2D eigenvalue weighted by molar-refractivity contribution is 0.0782. The topological polar surface area (TPSA) is 40.5 Å². The Morgan fingerprint density at radius 3 is 2.94 bits per heavy atom. The van der Waals surface area contributed by atoms with Crippen molar-refractivity contribution >= 4 is 33.4 Å². The summed E-state index contributed by atoms with van der Waals surface area (Å²) in [5.41, 5.74) is 0.625. The molecule has 1 atom stereocenters. The quantitative estimate of drug-likeness (QED) is 0.910. The molecular weight excluding hydrogens is 305 g/mol. The largest absolute Gasteiger partial charge is 0.396 e. The Bertz CT molecular complexity index is 439. The zero-order valence-corrected chi connectivity index (χ0v) is 11.5. The van der Waals surface area contributed by atoms with Crippen molar-refractivity contribution in [2.24, 2.45) is 5.92 Å². The second-order valence-corrected chi connectivity index (χ2v) is 5.48. The summed E-state index contributed by atoms with van der Waals surface area (Å²) < 4.78 is 0.725. The molecule has 1 aromatic rings. The van der Waals surface area contributed by atoms with Gasteiger partial charge in [0.05, 0.1) is 5.02 Å². The highest BCUT2D eigenvalue weighted by Crippen LogP contribution is 2.25. The molecular formula is C12H13BrClNO2. The van der Waals surface area contributed by atoms with Gasteiger partial charge in [-0.3, -0.25) is 4.79 Å². The molecule has 2 rings (SSSR count). The number of likely N-dealkylation sites (tertiary alicyclic amines) is 1. The second kappa shape index (κ2) is 5.38. The van der Waals surface area contributed by atoms with Crippen LogP contribution in [0, 0.1) is 5.92 Å². The van der Waals surface area contributed by atoms with E-state index in [0.717, 1.165) is 10.9 Å². The van der Waals surface area contributed by atoms with Crippen LogP contribution in [0.5, 0.6) is 0 Å². The molecule has 0 spiro atoms. The van der Waals surface area contributed by atoms with Crippen LogP contribution in [0.4, 0.5) is 0 Å². The van der Waals surface area contributed by atoms with Gasteiger partial charge in [0.25, 0.3) is 5.91 Å². The normalized spacial score (nSPS) is 19.7. The molecule has 0 aromatic heterocycles. The molecule has 1 aliphatic rings. The monoisotopic (exact) mass is 317 g/mol. The molecule has 1 unspecified atom stereocenters. The molecule has 0 saturated carbocycles. The first-order chi connectivity index (χ1) is 8.11. The van der Waals surface area contributed by atoms with Crippen molar-refractivity contribution in [3.63, 3.8) is 0 Å². The van der Waals surface area contributed by atoms with E-state index >= 15 is 0 Å². The number of carbonyl (C=O) groups excluding carboxylic acids is 1. The number of hydrogen-bond acceptors (Lipinski definition) is 2. The van der Waals surface area contributed by atoms with Gasteiger partial charge in [0.15, 0.2) is 0 Å².